The lowest BCUT2D eigenvalue weighted by molar-refractivity contribution is 0.670. The predicted molar refractivity (Wildman–Crippen MR) is 261 cm³/mol. The molecule has 2 nitrogen and oxygen atoms in total. The van der Waals surface area contributed by atoms with Gasteiger partial charge in [-0.25, -0.2) is 0 Å². The van der Waals surface area contributed by atoms with Gasteiger partial charge in [-0.3, -0.25) is 0 Å². The summed E-state index contributed by atoms with van der Waals surface area (Å²) >= 11 is 1.87. The summed E-state index contributed by atoms with van der Waals surface area (Å²) < 4.78 is 9.31. The van der Waals surface area contributed by atoms with Crippen molar-refractivity contribution in [2.24, 2.45) is 0 Å². The van der Waals surface area contributed by atoms with E-state index < -0.39 is 0 Å². The van der Waals surface area contributed by atoms with Crippen molar-refractivity contribution in [1.29, 1.82) is 0 Å². The topological polar surface area (TPSA) is 16.4 Å². The maximum atomic E-state index is 6.68. The molecule has 0 spiro atoms. The van der Waals surface area contributed by atoms with Gasteiger partial charge in [0.2, 0.25) is 0 Å². The number of furan rings is 1. The van der Waals surface area contributed by atoms with Crippen LogP contribution in [0.3, 0.4) is 0 Å². The van der Waals surface area contributed by atoms with Gasteiger partial charge in [-0.1, -0.05) is 188 Å². The lowest BCUT2D eigenvalue weighted by Gasteiger charge is -2.30. The summed E-state index contributed by atoms with van der Waals surface area (Å²) in [4.78, 5) is 2.44. The Morgan fingerprint density at radius 3 is 1.67 bits per heavy atom. The molecule has 12 aromatic rings. The number of rotatable bonds is 7. The Kier molecular flexibility index (Phi) is 8.39. The van der Waals surface area contributed by atoms with Crippen molar-refractivity contribution in [2.75, 3.05) is 4.90 Å². The van der Waals surface area contributed by atoms with E-state index in [0.29, 0.717) is 0 Å². The third kappa shape index (κ3) is 5.85. The van der Waals surface area contributed by atoms with Gasteiger partial charge in [0.1, 0.15) is 11.2 Å². The molecule has 2 heterocycles. The molecule has 0 aliphatic carbocycles. The van der Waals surface area contributed by atoms with Crippen molar-refractivity contribution in [1.82, 2.24) is 0 Å². The minimum atomic E-state index is 0.887. The molecule has 0 fully saturated rings. The van der Waals surface area contributed by atoms with Crippen LogP contribution in [0.5, 0.6) is 0 Å². The van der Waals surface area contributed by atoms with Gasteiger partial charge in [0.15, 0.2) is 0 Å². The molecule has 61 heavy (non-hydrogen) atoms. The molecule has 0 unspecified atom stereocenters. The molecular formula is C58H37NOS. The maximum absolute atomic E-state index is 6.68. The van der Waals surface area contributed by atoms with E-state index in [9.17, 15) is 0 Å². The number of nitrogens with zero attached hydrogens (tertiary/aromatic N) is 1. The highest BCUT2D eigenvalue weighted by atomic mass is 32.1. The third-order valence-electron chi connectivity index (χ3n) is 12.1. The fourth-order valence-electron chi connectivity index (χ4n) is 9.35. The molecule has 0 amide bonds. The highest BCUT2D eigenvalue weighted by molar-refractivity contribution is 7.26. The molecule has 0 saturated carbocycles. The second-order valence-corrected chi connectivity index (χ2v) is 16.6. The van der Waals surface area contributed by atoms with Crippen LogP contribution in [0.15, 0.2) is 229 Å². The van der Waals surface area contributed by atoms with Crippen molar-refractivity contribution in [3.05, 3.63) is 224 Å². The zero-order valence-corrected chi connectivity index (χ0v) is 33.9. The second-order valence-electron chi connectivity index (χ2n) is 15.6. The van der Waals surface area contributed by atoms with Crippen molar-refractivity contribution in [2.45, 2.75) is 0 Å². The molecule has 0 aliphatic heterocycles. The van der Waals surface area contributed by atoms with Gasteiger partial charge in [-0.15, -0.1) is 11.3 Å². The van der Waals surface area contributed by atoms with Crippen molar-refractivity contribution in [3.63, 3.8) is 0 Å². The number of thiophene rings is 1. The van der Waals surface area contributed by atoms with E-state index in [1.165, 1.54) is 58.8 Å². The first kappa shape index (κ1) is 35.2. The van der Waals surface area contributed by atoms with Crippen LogP contribution in [-0.4, -0.2) is 0 Å². The summed E-state index contributed by atoms with van der Waals surface area (Å²) in [7, 11) is 0. The predicted octanol–water partition coefficient (Wildman–Crippen LogP) is 17.2. The van der Waals surface area contributed by atoms with Crippen molar-refractivity contribution in [3.8, 4) is 44.5 Å². The molecule has 0 aliphatic rings. The fourth-order valence-corrected chi connectivity index (χ4v) is 10.6. The van der Waals surface area contributed by atoms with Crippen LogP contribution < -0.4 is 4.90 Å². The third-order valence-corrected chi connectivity index (χ3v) is 13.3. The van der Waals surface area contributed by atoms with Gasteiger partial charge >= 0.3 is 0 Å². The Bertz CT molecular complexity index is 3590. The van der Waals surface area contributed by atoms with Crippen LogP contribution in [0, 0.1) is 0 Å². The molecule has 10 aromatic carbocycles. The van der Waals surface area contributed by atoms with E-state index in [2.05, 4.69) is 223 Å². The Hall–Kier alpha value is -7.72. The number of benzene rings is 10. The SMILES string of the molecule is c1ccc(-c2cccc3cccc(-c4ccccc4N(c4ccc(-c5cccc6c5sc5ccccc56)cc4)c4ccccc4-c4cccc5c4oc4ccccc45)c23)cc1. The van der Waals surface area contributed by atoms with Crippen LogP contribution in [0.4, 0.5) is 17.1 Å². The van der Waals surface area contributed by atoms with Gasteiger partial charge < -0.3 is 9.32 Å². The lowest BCUT2D eigenvalue weighted by atomic mass is 9.90. The van der Waals surface area contributed by atoms with Crippen LogP contribution in [0.1, 0.15) is 0 Å². The second kappa shape index (κ2) is 14.5. The van der Waals surface area contributed by atoms with Crippen molar-refractivity contribution < 1.29 is 4.42 Å². The average Bonchev–Trinajstić information content (AvgIpc) is 3.91. The first-order valence-corrected chi connectivity index (χ1v) is 21.6. The quantitative estimate of drug-likeness (QED) is 0.160. The first-order chi connectivity index (χ1) is 30.3. The number of hydrogen-bond donors (Lipinski definition) is 0. The average molecular weight is 796 g/mol. The summed E-state index contributed by atoms with van der Waals surface area (Å²) in [5, 5.41) is 7.28. The fraction of sp³-hybridized carbons (Fsp3) is 0. The zero-order chi connectivity index (χ0) is 40.3. The maximum Gasteiger partial charge on any atom is 0.143 e. The zero-order valence-electron chi connectivity index (χ0n) is 33.1. The van der Waals surface area contributed by atoms with Crippen LogP contribution >= 0.6 is 11.3 Å². The highest BCUT2D eigenvalue weighted by Gasteiger charge is 2.24. The van der Waals surface area contributed by atoms with Gasteiger partial charge in [0.05, 0.1) is 11.4 Å². The Balaban J connectivity index is 1.09. The van der Waals surface area contributed by atoms with E-state index in [4.69, 9.17) is 4.42 Å². The molecule has 2 aromatic heterocycles. The largest absolute Gasteiger partial charge is 0.455 e. The van der Waals surface area contributed by atoms with Crippen molar-refractivity contribution >= 4 is 81.3 Å². The monoisotopic (exact) mass is 795 g/mol. The molecule has 0 radical (unpaired) electrons. The summed E-state index contributed by atoms with van der Waals surface area (Å²) in [6.45, 7) is 0. The number of anilines is 3. The summed E-state index contributed by atoms with van der Waals surface area (Å²) in [5.74, 6) is 0. The summed E-state index contributed by atoms with van der Waals surface area (Å²) in [6.07, 6.45) is 0. The highest BCUT2D eigenvalue weighted by Crippen LogP contribution is 2.49. The van der Waals surface area contributed by atoms with Crippen LogP contribution in [-0.2, 0) is 0 Å². The van der Waals surface area contributed by atoms with Gasteiger partial charge in [0, 0.05) is 53.3 Å². The lowest BCUT2D eigenvalue weighted by Crippen LogP contribution is -2.12. The summed E-state index contributed by atoms with van der Waals surface area (Å²) in [6, 6.07) is 81.1. The van der Waals surface area contributed by atoms with E-state index in [1.54, 1.807) is 0 Å². The molecular weight excluding hydrogens is 759 g/mol. The number of hydrogen-bond acceptors (Lipinski definition) is 3. The number of fused-ring (bicyclic) bond motifs is 7. The first-order valence-electron chi connectivity index (χ1n) is 20.8. The Morgan fingerprint density at radius 2 is 0.885 bits per heavy atom. The normalized spacial score (nSPS) is 11.6. The minimum absolute atomic E-state index is 0.887. The minimum Gasteiger partial charge on any atom is -0.455 e. The molecule has 0 saturated heterocycles. The number of para-hydroxylation sites is 4. The molecule has 3 heteroatoms. The molecule has 0 bridgehead atoms. The van der Waals surface area contributed by atoms with E-state index in [0.717, 1.165) is 55.7 Å². The molecule has 286 valence electrons. The Morgan fingerprint density at radius 1 is 0.344 bits per heavy atom. The van der Waals surface area contributed by atoms with Gasteiger partial charge in [-0.05, 0) is 75.0 Å². The molecule has 0 atom stereocenters. The van der Waals surface area contributed by atoms with E-state index in [1.807, 2.05) is 17.4 Å². The van der Waals surface area contributed by atoms with E-state index in [-0.39, 0.29) is 0 Å². The standard InChI is InChI=1S/C58H37NOS/c1-2-16-38(17-3-1)42-24-12-18-40-19-13-26-48(56(40)42)44-20-4-8-30-52(44)59(41-36-34-39(35-37-41)43-25-14-29-51-47-23-7-11-33-55(47)61-58(43)51)53-31-9-5-21-45(53)49-27-15-28-50-46-22-6-10-32-54(46)60-57(49)50/h1-37H. The summed E-state index contributed by atoms with van der Waals surface area (Å²) in [5.41, 5.74) is 14.3. The smallest absolute Gasteiger partial charge is 0.143 e. The van der Waals surface area contributed by atoms with Gasteiger partial charge in [-0.2, -0.15) is 0 Å². The van der Waals surface area contributed by atoms with Crippen LogP contribution in [0.2, 0.25) is 0 Å². The van der Waals surface area contributed by atoms with E-state index >= 15 is 0 Å². The van der Waals surface area contributed by atoms with Crippen LogP contribution in [0.25, 0.3) is 97.4 Å². The molecule has 12 rings (SSSR count). The molecule has 0 N–H and O–H groups in total. The van der Waals surface area contributed by atoms with Gasteiger partial charge in [0.25, 0.3) is 0 Å². The Labute approximate surface area is 357 Å².